The third-order valence-corrected chi connectivity index (χ3v) is 6.05. The Morgan fingerprint density at radius 1 is 1.03 bits per heavy atom. The van der Waals surface area contributed by atoms with Gasteiger partial charge in [-0.05, 0) is 40.6 Å². The number of ether oxygens (including phenoxy) is 1. The van der Waals surface area contributed by atoms with Gasteiger partial charge in [0.2, 0.25) is 0 Å². The Bertz CT molecular complexity index is 1230. The Balaban J connectivity index is 1.66. The number of amides is 1. The van der Waals surface area contributed by atoms with E-state index in [1.54, 1.807) is 17.0 Å². The van der Waals surface area contributed by atoms with Crippen molar-refractivity contribution in [3.8, 4) is 5.75 Å². The van der Waals surface area contributed by atoms with E-state index in [-0.39, 0.29) is 17.3 Å². The molecule has 0 aromatic heterocycles. The number of hydrogen-bond donors (Lipinski definition) is 0. The maximum atomic E-state index is 13.3. The summed E-state index contributed by atoms with van der Waals surface area (Å²) in [5.41, 5.74) is 2.42. The highest BCUT2D eigenvalue weighted by Crippen LogP contribution is 2.35. The molecule has 4 rings (SSSR count). The quantitative estimate of drug-likeness (QED) is 0.273. The smallest absolute Gasteiger partial charge is 0.311 e. The number of rotatable bonds is 7. The number of methoxy groups -OCH3 is 1. The molecule has 1 aliphatic rings. The summed E-state index contributed by atoms with van der Waals surface area (Å²) in [5, 5.41) is 12.0. The van der Waals surface area contributed by atoms with Crippen molar-refractivity contribution in [1.82, 2.24) is 4.90 Å². The minimum Gasteiger partial charge on any atom is -0.490 e. The van der Waals surface area contributed by atoms with Gasteiger partial charge in [0, 0.05) is 6.07 Å². The van der Waals surface area contributed by atoms with E-state index >= 15 is 0 Å². The van der Waals surface area contributed by atoms with E-state index < -0.39 is 4.92 Å². The van der Waals surface area contributed by atoms with Crippen LogP contribution in [-0.4, -0.2) is 28.0 Å². The molecule has 3 aromatic carbocycles. The first kappa shape index (κ1) is 22.3. The van der Waals surface area contributed by atoms with E-state index in [0.717, 1.165) is 11.1 Å². The van der Waals surface area contributed by atoms with Crippen molar-refractivity contribution in [1.29, 1.82) is 0 Å². The van der Waals surface area contributed by atoms with Crippen molar-refractivity contribution in [3.63, 3.8) is 0 Å². The molecule has 0 saturated carbocycles. The molecule has 1 heterocycles. The standard InChI is InChI=1S/C25H21N3O4S/c1-32-22-13-12-20(14-21(22)28(30)31)15-23-24(29)27(17-19-10-6-3-7-11-19)25(33-23)26-16-18-8-4-2-5-9-18/h2-15H,16-17H2,1H3/b23-15+,26-25?. The SMILES string of the molecule is COc1ccc(/C=C2/SC(=NCc3ccccc3)N(Cc3ccccc3)C2=O)cc1[N+](=O)[O-]. The van der Waals surface area contributed by atoms with Crippen LogP contribution in [0.1, 0.15) is 16.7 Å². The number of thioether (sulfide) groups is 1. The van der Waals surface area contributed by atoms with E-state index in [1.165, 1.54) is 31.0 Å². The third kappa shape index (κ3) is 5.30. The van der Waals surface area contributed by atoms with Crippen LogP contribution < -0.4 is 4.74 Å². The third-order valence-electron chi connectivity index (χ3n) is 5.01. The number of nitro groups is 1. The highest BCUT2D eigenvalue weighted by atomic mass is 32.2. The molecule has 3 aromatic rings. The predicted molar refractivity (Wildman–Crippen MR) is 130 cm³/mol. The minimum absolute atomic E-state index is 0.151. The zero-order chi connectivity index (χ0) is 23.2. The van der Waals surface area contributed by atoms with Crippen LogP contribution in [0.2, 0.25) is 0 Å². The van der Waals surface area contributed by atoms with Gasteiger partial charge in [0.15, 0.2) is 10.9 Å². The lowest BCUT2D eigenvalue weighted by atomic mass is 10.1. The number of carbonyl (C=O) groups is 1. The van der Waals surface area contributed by atoms with Crippen molar-refractivity contribution >= 4 is 34.6 Å². The summed E-state index contributed by atoms with van der Waals surface area (Å²) in [5.74, 6) is -0.0162. The summed E-state index contributed by atoms with van der Waals surface area (Å²) < 4.78 is 5.07. The van der Waals surface area contributed by atoms with Crippen molar-refractivity contribution in [2.45, 2.75) is 13.1 Å². The molecular weight excluding hydrogens is 438 g/mol. The number of amidine groups is 1. The Morgan fingerprint density at radius 3 is 2.33 bits per heavy atom. The lowest BCUT2D eigenvalue weighted by Crippen LogP contribution is -2.28. The molecule has 1 aliphatic heterocycles. The van der Waals surface area contributed by atoms with Gasteiger partial charge in [-0.15, -0.1) is 0 Å². The topological polar surface area (TPSA) is 85.0 Å². The van der Waals surface area contributed by atoms with Crippen molar-refractivity contribution in [2.75, 3.05) is 7.11 Å². The van der Waals surface area contributed by atoms with Gasteiger partial charge in [-0.1, -0.05) is 66.7 Å². The fraction of sp³-hybridized carbons (Fsp3) is 0.120. The van der Waals surface area contributed by atoms with E-state index in [0.29, 0.717) is 28.7 Å². The predicted octanol–water partition coefficient (Wildman–Crippen LogP) is 5.28. The molecule has 1 fully saturated rings. The van der Waals surface area contributed by atoms with E-state index in [2.05, 4.69) is 0 Å². The van der Waals surface area contributed by atoms with Gasteiger partial charge in [0.1, 0.15) is 0 Å². The average molecular weight is 460 g/mol. The molecule has 0 bridgehead atoms. The first-order chi connectivity index (χ1) is 16.0. The molecule has 7 nitrogen and oxygen atoms in total. The fourth-order valence-electron chi connectivity index (χ4n) is 3.36. The van der Waals surface area contributed by atoms with Crippen LogP contribution in [-0.2, 0) is 17.9 Å². The van der Waals surface area contributed by atoms with Gasteiger partial charge in [-0.3, -0.25) is 24.8 Å². The zero-order valence-electron chi connectivity index (χ0n) is 17.9. The minimum atomic E-state index is -0.501. The number of nitrogens with zero attached hydrogens (tertiary/aromatic N) is 3. The lowest BCUT2D eigenvalue weighted by Gasteiger charge is -2.15. The summed E-state index contributed by atoms with van der Waals surface area (Å²) in [4.78, 5) is 30.9. The van der Waals surface area contributed by atoms with Crippen LogP contribution in [0.3, 0.4) is 0 Å². The summed E-state index contributed by atoms with van der Waals surface area (Å²) in [7, 11) is 1.38. The molecule has 0 radical (unpaired) electrons. The van der Waals surface area contributed by atoms with Crippen molar-refractivity contribution in [3.05, 3.63) is 111 Å². The normalized spacial score (nSPS) is 15.9. The summed E-state index contributed by atoms with van der Waals surface area (Å²) in [6.45, 7) is 0.837. The van der Waals surface area contributed by atoms with Crippen LogP contribution in [0.15, 0.2) is 88.8 Å². The second-order valence-electron chi connectivity index (χ2n) is 7.26. The van der Waals surface area contributed by atoms with Crippen LogP contribution in [0.5, 0.6) is 5.75 Å². The molecule has 0 aliphatic carbocycles. The average Bonchev–Trinajstić information content (AvgIpc) is 3.13. The molecular formula is C25H21N3O4S. The van der Waals surface area contributed by atoms with Gasteiger partial charge < -0.3 is 4.74 Å². The Labute approximate surface area is 195 Å². The molecule has 33 heavy (non-hydrogen) atoms. The second-order valence-corrected chi connectivity index (χ2v) is 8.27. The molecule has 8 heteroatoms. The van der Waals surface area contributed by atoms with Crippen LogP contribution in [0, 0.1) is 10.1 Å². The first-order valence-corrected chi connectivity index (χ1v) is 11.0. The van der Waals surface area contributed by atoms with Gasteiger partial charge in [0.25, 0.3) is 5.91 Å². The molecule has 0 N–H and O–H groups in total. The van der Waals surface area contributed by atoms with Crippen LogP contribution in [0.25, 0.3) is 6.08 Å². The fourth-order valence-corrected chi connectivity index (χ4v) is 4.34. The van der Waals surface area contributed by atoms with E-state index in [1.807, 2.05) is 60.7 Å². The maximum absolute atomic E-state index is 13.3. The van der Waals surface area contributed by atoms with Gasteiger partial charge in [-0.25, -0.2) is 0 Å². The number of nitro benzene ring substituents is 1. The van der Waals surface area contributed by atoms with Crippen LogP contribution in [0.4, 0.5) is 5.69 Å². The number of hydrogen-bond acceptors (Lipinski definition) is 6. The maximum Gasteiger partial charge on any atom is 0.311 e. The summed E-state index contributed by atoms with van der Waals surface area (Å²) in [6.07, 6.45) is 1.66. The Hall–Kier alpha value is -3.91. The first-order valence-electron chi connectivity index (χ1n) is 10.2. The highest BCUT2D eigenvalue weighted by Gasteiger charge is 2.33. The molecule has 0 unspecified atom stereocenters. The molecule has 0 spiro atoms. The highest BCUT2D eigenvalue weighted by molar-refractivity contribution is 8.18. The van der Waals surface area contributed by atoms with E-state index in [9.17, 15) is 14.9 Å². The Kier molecular flexibility index (Phi) is 6.85. The lowest BCUT2D eigenvalue weighted by molar-refractivity contribution is -0.385. The van der Waals surface area contributed by atoms with Crippen molar-refractivity contribution < 1.29 is 14.5 Å². The number of aliphatic imine (C=N–C) groups is 1. The summed E-state index contributed by atoms with van der Waals surface area (Å²) in [6, 6.07) is 24.1. The molecule has 166 valence electrons. The largest absolute Gasteiger partial charge is 0.490 e. The van der Waals surface area contributed by atoms with Gasteiger partial charge in [-0.2, -0.15) is 0 Å². The summed E-state index contributed by atoms with van der Waals surface area (Å²) >= 11 is 1.27. The van der Waals surface area contributed by atoms with Crippen LogP contribution >= 0.6 is 11.8 Å². The monoisotopic (exact) mass is 459 g/mol. The number of carbonyl (C=O) groups excluding carboxylic acids is 1. The molecule has 1 saturated heterocycles. The van der Waals surface area contributed by atoms with Crippen molar-refractivity contribution in [2.24, 2.45) is 4.99 Å². The van der Waals surface area contributed by atoms with Gasteiger partial charge in [0.05, 0.1) is 30.0 Å². The second kappa shape index (κ2) is 10.1. The van der Waals surface area contributed by atoms with E-state index in [4.69, 9.17) is 9.73 Å². The zero-order valence-corrected chi connectivity index (χ0v) is 18.7. The molecule has 0 atom stereocenters. The number of benzene rings is 3. The van der Waals surface area contributed by atoms with Gasteiger partial charge >= 0.3 is 5.69 Å². The Morgan fingerprint density at radius 2 is 1.70 bits per heavy atom. The molecule has 1 amide bonds.